The highest BCUT2D eigenvalue weighted by molar-refractivity contribution is 4.82. The second-order valence-electron chi connectivity index (χ2n) is 7.31. The van der Waals surface area contributed by atoms with E-state index in [-0.39, 0.29) is 12.1 Å². The van der Waals surface area contributed by atoms with Gasteiger partial charge in [0.2, 0.25) is 0 Å². The standard InChI is InChI=1S/C17H35NO2/c1-13(2)15-8-7-14(3)11-16(15)20-10-6-9-17(4,12-19)18-5/h13-16,18-19H,6-12H2,1-5H3. The van der Waals surface area contributed by atoms with Gasteiger partial charge in [-0.3, -0.25) is 0 Å². The highest BCUT2D eigenvalue weighted by Gasteiger charge is 2.31. The van der Waals surface area contributed by atoms with E-state index >= 15 is 0 Å². The summed E-state index contributed by atoms with van der Waals surface area (Å²) in [7, 11) is 1.91. The first-order valence-corrected chi connectivity index (χ1v) is 8.33. The van der Waals surface area contributed by atoms with Crippen molar-refractivity contribution < 1.29 is 9.84 Å². The molecule has 1 aliphatic rings. The molecule has 0 aromatic carbocycles. The Morgan fingerprint density at radius 3 is 2.60 bits per heavy atom. The first kappa shape index (κ1) is 17.9. The zero-order chi connectivity index (χ0) is 15.2. The highest BCUT2D eigenvalue weighted by Crippen LogP contribution is 2.35. The van der Waals surface area contributed by atoms with Crippen molar-refractivity contribution in [2.24, 2.45) is 17.8 Å². The van der Waals surface area contributed by atoms with Crippen LogP contribution in [0.25, 0.3) is 0 Å². The molecular formula is C17H35NO2. The van der Waals surface area contributed by atoms with Crippen LogP contribution in [0.3, 0.4) is 0 Å². The number of nitrogens with one attached hydrogen (secondary N) is 1. The summed E-state index contributed by atoms with van der Waals surface area (Å²) in [5.74, 6) is 2.24. The minimum absolute atomic E-state index is 0.166. The van der Waals surface area contributed by atoms with Crippen LogP contribution in [0.4, 0.5) is 0 Å². The smallest absolute Gasteiger partial charge is 0.0610 e. The molecule has 0 amide bonds. The average molecular weight is 285 g/mol. The summed E-state index contributed by atoms with van der Waals surface area (Å²) < 4.78 is 6.20. The number of aliphatic hydroxyl groups is 1. The van der Waals surface area contributed by atoms with Gasteiger partial charge in [-0.1, -0.05) is 27.2 Å². The van der Waals surface area contributed by atoms with E-state index in [1.807, 2.05) is 7.05 Å². The van der Waals surface area contributed by atoms with E-state index in [1.165, 1.54) is 19.3 Å². The molecule has 0 bridgehead atoms. The van der Waals surface area contributed by atoms with Gasteiger partial charge in [0.25, 0.3) is 0 Å². The lowest BCUT2D eigenvalue weighted by atomic mass is 9.75. The number of aliphatic hydroxyl groups excluding tert-OH is 1. The predicted molar refractivity (Wildman–Crippen MR) is 84.9 cm³/mol. The van der Waals surface area contributed by atoms with Crippen molar-refractivity contribution in [2.45, 2.75) is 71.4 Å². The van der Waals surface area contributed by atoms with Crippen LogP contribution in [0, 0.1) is 17.8 Å². The maximum Gasteiger partial charge on any atom is 0.0610 e. The minimum Gasteiger partial charge on any atom is -0.394 e. The summed E-state index contributed by atoms with van der Waals surface area (Å²) in [6.07, 6.45) is 6.28. The van der Waals surface area contributed by atoms with Crippen molar-refractivity contribution in [3.63, 3.8) is 0 Å². The molecular weight excluding hydrogens is 250 g/mol. The van der Waals surface area contributed by atoms with Crippen LogP contribution < -0.4 is 5.32 Å². The largest absolute Gasteiger partial charge is 0.394 e. The van der Waals surface area contributed by atoms with Gasteiger partial charge in [0.05, 0.1) is 12.7 Å². The highest BCUT2D eigenvalue weighted by atomic mass is 16.5. The maximum absolute atomic E-state index is 9.38. The van der Waals surface area contributed by atoms with Gasteiger partial charge in [-0.15, -0.1) is 0 Å². The van der Waals surface area contributed by atoms with Gasteiger partial charge >= 0.3 is 0 Å². The zero-order valence-corrected chi connectivity index (χ0v) is 14.1. The Morgan fingerprint density at radius 2 is 2.05 bits per heavy atom. The van der Waals surface area contributed by atoms with Crippen molar-refractivity contribution in [1.82, 2.24) is 5.32 Å². The summed E-state index contributed by atoms with van der Waals surface area (Å²) in [6, 6.07) is 0. The van der Waals surface area contributed by atoms with Crippen LogP contribution in [0.2, 0.25) is 0 Å². The van der Waals surface area contributed by atoms with E-state index in [0.29, 0.717) is 12.0 Å². The lowest BCUT2D eigenvalue weighted by Gasteiger charge is -2.37. The van der Waals surface area contributed by atoms with Crippen LogP contribution in [-0.2, 0) is 4.74 Å². The van der Waals surface area contributed by atoms with Crippen molar-refractivity contribution in [2.75, 3.05) is 20.3 Å². The normalized spacial score (nSPS) is 30.4. The molecule has 1 rings (SSSR count). The molecule has 3 heteroatoms. The zero-order valence-electron chi connectivity index (χ0n) is 14.1. The molecule has 20 heavy (non-hydrogen) atoms. The molecule has 3 nitrogen and oxygen atoms in total. The summed E-state index contributed by atoms with van der Waals surface area (Å²) in [5, 5.41) is 12.6. The van der Waals surface area contributed by atoms with Gasteiger partial charge in [0.15, 0.2) is 0 Å². The molecule has 2 N–H and O–H groups in total. The Hall–Kier alpha value is -0.120. The minimum atomic E-state index is -0.166. The Morgan fingerprint density at radius 1 is 1.35 bits per heavy atom. The summed E-state index contributed by atoms with van der Waals surface area (Å²) in [5.41, 5.74) is -0.166. The van der Waals surface area contributed by atoms with Gasteiger partial charge in [-0.2, -0.15) is 0 Å². The third-order valence-electron chi connectivity index (χ3n) is 5.12. The topological polar surface area (TPSA) is 41.5 Å². The SMILES string of the molecule is CNC(C)(CO)CCCOC1CC(C)CCC1C(C)C. The molecule has 0 saturated heterocycles. The van der Waals surface area contributed by atoms with Gasteiger partial charge in [0, 0.05) is 12.1 Å². The first-order chi connectivity index (χ1) is 9.41. The van der Waals surface area contributed by atoms with Crippen LogP contribution >= 0.6 is 0 Å². The van der Waals surface area contributed by atoms with Crippen LogP contribution in [0.15, 0.2) is 0 Å². The fourth-order valence-corrected chi connectivity index (χ4v) is 3.29. The summed E-state index contributed by atoms with van der Waals surface area (Å²) >= 11 is 0. The summed E-state index contributed by atoms with van der Waals surface area (Å²) in [6.45, 7) is 10.0. The fourth-order valence-electron chi connectivity index (χ4n) is 3.29. The van der Waals surface area contributed by atoms with E-state index in [9.17, 15) is 5.11 Å². The van der Waals surface area contributed by atoms with Crippen molar-refractivity contribution in [1.29, 1.82) is 0 Å². The molecule has 4 atom stereocenters. The Balaban J connectivity index is 2.35. The molecule has 1 saturated carbocycles. The molecule has 0 aromatic heterocycles. The van der Waals surface area contributed by atoms with E-state index in [1.54, 1.807) is 0 Å². The van der Waals surface area contributed by atoms with Gasteiger partial charge < -0.3 is 15.2 Å². The van der Waals surface area contributed by atoms with E-state index in [0.717, 1.165) is 31.3 Å². The van der Waals surface area contributed by atoms with E-state index < -0.39 is 0 Å². The second-order valence-corrected chi connectivity index (χ2v) is 7.31. The number of hydrogen-bond acceptors (Lipinski definition) is 3. The maximum atomic E-state index is 9.38. The molecule has 1 aliphatic carbocycles. The monoisotopic (exact) mass is 285 g/mol. The van der Waals surface area contributed by atoms with Crippen molar-refractivity contribution in [3.05, 3.63) is 0 Å². The van der Waals surface area contributed by atoms with Crippen molar-refractivity contribution in [3.8, 4) is 0 Å². The van der Waals surface area contributed by atoms with Crippen LogP contribution in [0.5, 0.6) is 0 Å². The molecule has 0 aliphatic heterocycles. The molecule has 1 fully saturated rings. The number of hydrogen-bond donors (Lipinski definition) is 2. The molecule has 0 aromatic rings. The average Bonchev–Trinajstić information content (AvgIpc) is 2.43. The molecule has 0 spiro atoms. The second kappa shape index (κ2) is 8.35. The number of ether oxygens (including phenoxy) is 1. The van der Waals surface area contributed by atoms with Crippen LogP contribution in [0.1, 0.15) is 59.8 Å². The molecule has 120 valence electrons. The Kier molecular flexibility index (Phi) is 7.49. The summed E-state index contributed by atoms with van der Waals surface area (Å²) in [4.78, 5) is 0. The Labute approximate surface area is 125 Å². The molecule has 0 radical (unpaired) electrons. The lowest BCUT2D eigenvalue weighted by Crippen LogP contribution is -2.43. The molecule has 4 unspecified atom stereocenters. The van der Waals surface area contributed by atoms with Crippen LogP contribution in [-0.4, -0.2) is 37.0 Å². The fraction of sp³-hybridized carbons (Fsp3) is 1.00. The first-order valence-electron chi connectivity index (χ1n) is 8.33. The molecule has 0 heterocycles. The lowest BCUT2D eigenvalue weighted by molar-refractivity contribution is -0.0411. The van der Waals surface area contributed by atoms with Gasteiger partial charge in [-0.05, 0) is 57.4 Å². The van der Waals surface area contributed by atoms with E-state index in [2.05, 4.69) is 33.0 Å². The van der Waals surface area contributed by atoms with Gasteiger partial charge in [-0.25, -0.2) is 0 Å². The number of rotatable bonds is 8. The quantitative estimate of drug-likeness (QED) is 0.673. The van der Waals surface area contributed by atoms with Crippen molar-refractivity contribution >= 4 is 0 Å². The third kappa shape index (κ3) is 5.34. The Bertz CT molecular complexity index is 264. The predicted octanol–water partition coefficient (Wildman–Crippen LogP) is 3.21. The third-order valence-corrected chi connectivity index (χ3v) is 5.12. The van der Waals surface area contributed by atoms with Gasteiger partial charge in [0.1, 0.15) is 0 Å². The van der Waals surface area contributed by atoms with E-state index in [4.69, 9.17) is 4.74 Å². The number of likely N-dealkylation sites (N-methyl/N-ethyl adjacent to an activating group) is 1.